The molecule has 4 rings (SSSR count). The van der Waals surface area contributed by atoms with Crippen molar-refractivity contribution in [2.45, 2.75) is 0 Å². The molecule has 0 aliphatic carbocycles. The van der Waals surface area contributed by atoms with Crippen LogP contribution >= 0.6 is 0 Å². The predicted molar refractivity (Wildman–Crippen MR) is 53.0 cm³/mol. The number of hydrogen-bond donors (Lipinski definition) is 2. The zero-order valence-corrected chi connectivity index (χ0v) is 7.23. The summed E-state index contributed by atoms with van der Waals surface area (Å²) in [6, 6.07) is 3.73. The Morgan fingerprint density at radius 2 is 1.71 bits per heavy atom. The van der Waals surface area contributed by atoms with Crippen LogP contribution in [0.1, 0.15) is 0 Å². The third-order valence-electron chi connectivity index (χ3n) is 2.12. The molecular formula is C9H7N5. The van der Waals surface area contributed by atoms with Gasteiger partial charge in [0.2, 0.25) is 0 Å². The largest absolute Gasteiger partial charge is 0.393 e. The van der Waals surface area contributed by atoms with Gasteiger partial charge in [0.25, 0.3) is 0 Å². The van der Waals surface area contributed by atoms with Crippen LogP contribution in [0.4, 0.5) is 17.3 Å². The van der Waals surface area contributed by atoms with E-state index >= 15 is 0 Å². The molecule has 4 heterocycles. The molecule has 0 saturated heterocycles. The lowest BCUT2D eigenvalue weighted by atomic mass is 10.2. The molecule has 2 aromatic rings. The van der Waals surface area contributed by atoms with Gasteiger partial charge in [0.05, 0.1) is 0 Å². The zero-order chi connectivity index (χ0) is 9.54. The second-order valence-electron chi connectivity index (χ2n) is 3.02. The van der Waals surface area contributed by atoms with E-state index in [4.69, 9.17) is 5.73 Å². The van der Waals surface area contributed by atoms with Crippen LogP contribution in [-0.4, -0.2) is 15.0 Å². The minimum Gasteiger partial charge on any atom is -0.393 e. The number of pyridine rings is 1. The maximum absolute atomic E-state index is 5.64. The lowest BCUT2D eigenvalue weighted by Crippen LogP contribution is -2.15. The normalized spacial score (nSPS) is 11.7. The minimum atomic E-state index is 0.641. The average molecular weight is 185 g/mol. The van der Waals surface area contributed by atoms with E-state index in [1.165, 1.54) is 0 Å². The zero-order valence-electron chi connectivity index (χ0n) is 7.23. The van der Waals surface area contributed by atoms with Crippen molar-refractivity contribution in [3.63, 3.8) is 0 Å². The van der Waals surface area contributed by atoms with E-state index in [-0.39, 0.29) is 0 Å². The van der Waals surface area contributed by atoms with E-state index in [1.54, 1.807) is 12.4 Å². The number of aromatic nitrogens is 3. The summed E-state index contributed by atoms with van der Waals surface area (Å²) < 4.78 is 0. The first-order chi connectivity index (χ1) is 6.84. The third kappa shape index (κ3) is 0.861. The van der Waals surface area contributed by atoms with Crippen molar-refractivity contribution in [2.75, 3.05) is 11.1 Å². The fourth-order valence-corrected chi connectivity index (χ4v) is 1.34. The summed E-state index contributed by atoms with van der Waals surface area (Å²) in [7, 11) is 0. The van der Waals surface area contributed by atoms with Crippen LogP contribution in [0.5, 0.6) is 0 Å². The number of fused-ring (bicyclic) bond motifs is 2. The van der Waals surface area contributed by atoms with E-state index in [9.17, 15) is 0 Å². The van der Waals surface area contributed by atoms with Gasteiger partial charge in [-0.1, -0.05) is 0 Å². The van der Waals surface area contributed by atoms with E-state index in [0.29, 0.717) is 23.1 Å². The maximum Gasteiger partial charge on any atom is 0.164 e. The van der Waals surface area contributed by atoms with E-state index in [0.717, 1.165) is 5.56 Å². The van der Waals surface area contributed by atoms with E-state index in [1.807, 2.05) is 12.1 Å². The molecule has 0 amide bonds. The van der Waals surface area contributed by atoms with Gasteiger partial charge in [0.15, 0.2) is 17.5 Å². The predicted octanol–water partition coefficient (Wildman–Crippen LogP) is 1.18. The number of nitrogen functional groups attached to an aromatic ring is 1. The summed E-state index contributed by atoms with van der Waals surface area (Å²) in [6.45, 7) is 0. The molecule has 0 unspecified atom stereocenters. The number of hydrogen-bond acceptors (Lipinski definition) is 5. The Bertz CT molecular complexity index is 471. The van der Waals surface area contributed by atoms with Crippen molar-refractivity contribution in [1.82, 2.24) is 15.0 Å². The highest BCUT2D eigenvalue weighted by Gasteiger charge is 2.21. The van der Waals surface area contributed by atoms with Crippen LogP contribution in [0.2, 0.25) is 0 Å². The SMILES string of the molecule is Nc1c2nc(-c3ccncc3)nc1N2. The molecule has 5 nitrogen and oxygen atoms in total. The number of nitrogens with zero attached hydrogens (tertiary/aromatic N) is 3. The Hall–Kier alpha value is -2.17. The van der Waals surface area contributed by atoms with Gasteiger partial charge in [-0.3, -0.25) is 4.98 Å². The van der Waals surface area contributed by atoms with Crippen molar-refractivity contribution < 1.29 is 0 Å². The molecule has 0 atom stereocenters. The smallest absolute Gasteiger partial charge is 0.164 e. The lowest BCUT2D eigenvalue weighted by molar-refractivity contribution is 1.12. The van der Waals surface area contributed by atoms with Crippen molar-refractivity contribution in [3.05, 3.63) is 24.5 Å². The Balaban J connectivity index is 2.13. The number of anilines is 3. The first kappa shape index (κ1) is 7.25. The topological polar surface area (TPSA) is 76.7 Å². The molecule has 5 heteroatoms. The molecule has 14 heavy (non-hydrogen) atoms. The minimum absolute atomic E-state index is 0.641. The van der Waals surface area contributed by atoms with Gasteiger partial charge in [-0.25, -0.2) is 9.97 Å². The molecule has 0 saturated carbocycles. The molecule has 2 aliphatic heterocycles. The highest BCUT2D eigenvalue weighted by Crippen LogP contribution is 2.38. The van der Waals surface area contributed by atoms with Crippen LogP contribution in [0, 0.1) is 0 Å². The number of nitrogens with one attached hydrogen (secondary N) is 1. The van der Waals surface area contributed by atoms with Gasteiger partial charge in [-0.2, -0.15) is 0 Å². The summed E-state index contributed by atoms with van der Waals surface area (Å²) in [5, 5.41) is 2.93. The summed E-state index contributed by atoms with van der Waals surface area (Å²) in [6.07, 6.45) is 3.42. The Labute approximate surface area is 80.0 Å². The summed E-state index contributed by atoms with van der Waals surface area (Å²) in [4.78, 5) is 12.4. The van der Waals surface area contributed by atoms with Crippen molar-refractivity contribution >= 4 is 17.3 Å². The fourth-order valence-electron chi connectivity index (χ4n) is 1.34. The summed E-state index contributed by atoms with van der Waals surface area (Å²) in [5.74, 6) is 2.11. The number of nitrogens with two attached hydrogens (primary N) is 1. The first-order valence-corrected chi connectivity index (χ1v) is 4.19. The molecule has 3 N–H and O–H groups in total. The van der Waals surface area contributed by atoms with Crippen LogP contribution < -0.4 is 11.1 Å². The molecular weight excluding hydrogens is 178 g/mol. The van der Waals surface area contributed by atoms with Gasteiger partial charge in [-0.15, -0.1) is 0 Å². The second kappa shape index (κ2) is 2.41. The van der Waals surface area contributed by atoms with Crippen molar-refractivity contribution in [2.24, 2.45) is 0 Å². The summed E-state index contributed by atoms with van der Waals surface area (Å²) >= 11 is 0. The van der Waals surface area contributed by atoms with Crippen LogP contribution in [0.3, 0.4) is 0 Å². The monoisotopic (exact) mass is 185 g/mol. The Morgan fingerprint density at radius 1 is 1.07 bits per heavy atom. The van der Waals surface area contributed by atoms with Crippen molar-refractivity contribution in [3.8, 4) is 11.4 Å². The molecule has 0 spiro atoms. The average Bonchev–Trinajstić information content (AvgIpc) is 2.30. The third-order valence-corrected chi connectivity index (χ3v) is 2.12. The van der Waals surface area contributed by atoms with E-state index in [2.05, 4.69) is 20.3 Å². The second-order valence-corrected chi connectivity index (χ2v) is 3.02. The van der Waals surface area contributed by atoms with Gasteiger partial charge >= 0.3 is 0 Å². The standard InChI is InChI=1S/C9H7N5/c10-6-8-12-7(13-9(6)14-8)5-1-3-11-4-2-5/h1-4H,10H2,(H,12,13,14). The van der Waals surface area contributed by atoms with Crippen LogP contribution in [0.25, 0.3) is 11.4 Å². The lowest BCUT2D eigenvalue weighted by Gasteiger charge is -2.20. The molecule has 0 aromatic carbocycles. The maximum atomic E-state index is 5.64. The van der Waals surface area contributed by atoms with Gasteiger partial charge in [0, 0.05) is 18.0 Å². The Morgan fingerprint density at radius 3 is 2.29 bits per heavy atom. The van der Waals surface area contributed by atoms with Crippen LogP contribution in [0.15, 0.2) is 24.5 Å². The highest BCUT2D eigenvalue weighted by atomic mass is 15.2. The molecule has 2 bridgehead atoms. The number of rotatable bonds is 1. The highest BCUT2D eigenvalue weighted by molar-refractivity contribution is 5.90. The Kier molecular flexibility index (Phi) is 1.25. The quantitative estimate of drug-likeness (QED) is 0.595. The molecule has 2 aromatic heterocycles. The van der Waals surface area contributed by atoms with Gasteiger partial charge < -0.3 is 11.1 Å². The van der Waals surface area contributed by atoms with Gasteiger partial charge in [-0.05, 0) is 12.1 Å². The molecule has 0 radical (unpaired) electrons. The fraction of sp³-hybridized carbons (Fsp3) is 0. The van der Waals surface area contributed by atoms with E-state index < -0.39 is 0 Å². The molecule has 2 aliphatic rings. The summed E-state index contributed by atoms with van der Waals surface area (Å²) in [5.41, 5.74) is 7.22. The first-order valence-electron chi connectivity index (χ1n) is 4.19. The van der Waals surface area contributed by atoms with Crippen molar-refractivity contribution in [1.29, 1.82) is 0 Å². The molecule has 68 valence electrons. The van der Waals surface area contributed by atoms with Crippen LogP contribution in [-0.2, 0) is 0 Å². The van der Waals surface area contributed by atoms with Gasteiger partial charge in [0.1, 0.15) is 5.69 Å². The molecule has 0 fully saturated rings.